The maximum atomic E-state index is 5.62. The topological polar surface area (TPSA) is 18.5 Å². The summed E-state index contributed by atoms with van der Waals surface area (Å²) in [6.07, 6.45) is 0. The molecule has 2 nitrogen and oxygen atoms in total. The summed E-state index contributed by atoms with van der Waals surface area (Å²) in [5, 5.41) is 0. The number of rotatable bonds is 2. The van der Waals surface area contributed by atoms with Gasteiger partial charge in [0, 0.05) is 11.0 Å². The summed E-state index contributed by atoms with van der Waals surface area (Å²) in [6.45, 7) is 4.47. The molecule has 0 atom stereocenters. The molecule has 0 heterocycles. The van der Waals surface area contributed by atoms with Gasteiger partial charge < -0.3 is 9.47 Å². The van der Waals surface area contributed by atoms with Gasteiger partial charge in [-0.3, -0.25) is 0 Å². The van der Waals surface area contributed by atoms with Gasteiger partial charge in [0.05, 0.1) is 14.2 Å². The molecule has 98 valence electrons. The number of fused-ring (bicyclic) bond motifs is 3. The van der Waals surface area contributed by atoms with Crippen LogP contribution in [0, 0.1) is 0 Å². The second-order valence-electron chi connectivity index (χ2n) is 5.39. The van der Waals surface area contributed by atoms with Crippen LogP contribution >= 0.6 is 0 Å². The van der Waals surface area contributed by atoms with Crippen molar-refractivity contribution in [1.82, 2.24) is 0 Å². The Hall–Kier alpha value is -1.96. The van der Waals surface area contributed by atoms with Crippen LogP contribution in [0.3, 0.4) is 0 Å². The monoisotopic (exact) mass is 254 g/mol. The molecule has 3 rings (SSSR count). The molecule has 2 aromatic carbocycles. The van der Waals surface area contributed by atoms with Gasteiger partial charge in [0.15, 0.2) is 11.5 Å². The van der Waals surface area contributed by atoms with E-state index in [1.54, 1.807) is 14.2 Å². The van der Waals surface area contributed by atoms with E-state index in [-0.39, 0.29) is 5.41 Å². The predicted octanol–water partition coefficient (Wildman–Crippen LogP) is 4.01. The van der Waals surface area contributed by atoms with E-state index in [4.69, 9.17) is 9.47 Å². The first-order chi connectivity index (χ1) is 9.11. The van der Waals surface area contributed by atoms with Gasteiger partial charge in [-0.2, -0.15) is 0 Å². The van der Waals surface area contributed by atoms with Crippen LogP contribution in [0.15, 0.2) is 36.4 Å². The van der Waals surface area contributed by atoms with Crippen molar-refractivity contribution in [1.29, 1.82) is 0 Å². The lowest BCUT2D eigenvalue weighted by Crippen LogP contribution is -2.16. The van der Waals surface area contributed by atoms with Crippen molar-refractivity contribution in [2.24, 2.45) is 0 Å². The third kappa shape index (κ3) is 1.49. The Morgan fingerprint density at radius 2 is 1.58 bits per heavy atom. The van der Waals surface area contributed by atoms with E-state index >= 15 is 0 Å². The highest BCUT2D eigenvalue weighted by molar-refractivity contribution is 5.84. The van der Waals surface area contributed by atoms with Crippen LogP contribution in [0.25, 0.3) is 11.1 Å². The molecule has 0 fully saturated rings. The minimum absolute atomic E-state index is 0.0637. The van der Waals surface area contributed by atoms with Crippen molar-refractivity contribution in [3.63, 3.8) is 0 Å². The number of hydrogen-bond acceptors (Lipinski definition) is 2. The largest absolute Gasteiger partial charge is 0.493 e. The van der Waals surface area contributed by atoms with Gasteiger partial charge in [-0.15, -0.1) is 0 Å². The van der Waals surface area contributed by atoms with Crippen molar-refractivity contribution < 1.29 is 9.47 Å². The summed E-state index contributed by atoms with van der Waals surface area (Å²) in [7, 11) is 3.39. The second-order valence-corrected chi connectivity index (χ2v) is 5.39. The van der Waals surface area contributed by atoms with E-state index in [9.17, 15) is 0 Å². The predicted molar refractivity (Wildman–Crippen MR) is 77.1 cm³/mol. The molecule has 0 amide bonds. The number of benzene rings is 2. The summed E-state index contributed by atoms with van der Waals surface area (Å²) in [6, 6.07) is 12.7. The minimum Gasteiger partial charge on any atom is -0.493 e. The molecule has 0 N–H and O–H groups in total. The highest BCUT2D eigenvalue weighted by Crippen LogP contribution is 2.54. The molecule has 1 aliphatic rings. The van der Waals surface area contributed by atoms with Crippen LogP contribution < -0.4 is 9.47 Å². The van der Waals surface area contributed by atoms with Crippen LogP contribution in [-0.2, 0) is 5.41 Å². The van der Waals surface area contributed by atoms with Crippen molar-refractivity contribution in [2.45, 2.75) is 19.3 Å². The Morgan fingerprint density at radius 3 is 2.26 bits per heavy atom. The Balaban J connectivity index is 2.38. The van der Waals surface area contributed by atoms with E-state index in [0.29, 0.717) is 0 Å². The summed E-state index contributed by atoms with van der Waals surface area (Å²) in [5.41, 5.74) is 5.04. The second kappa shape index (κ2) is 4.02. The first-order valence-corrected chi connectivity index (χ1v) is 6.46. The summed E-state index contributed by atoms with van der Waals surface area (Å²) in [4.78, 5) is 0. The molecular weight excluding hydrogens is 236 g/mol. The number of ether oxygens (including phenoxy) is 2. The SMILES string of the molecule is COc1ccc2c(c1OC)C(C)(C)c1ccccc1-2. The van der Waals surface area contributed by atoms with Crippen LogP contribution in [0.5, 0.6) is 11.5 Å². The number of hydrogen-bond donors (Lipinski definition) is 0. The van der Waals surface area contributed by atoms with Crippen LogP contribution in [-0.4, -0.2) is 14.2 Å². The highest BCUT2D eigenvalue weighted by atomic mass is 16.5. The maximum Gasteiger partial charge on any atom is 0.165 e. The Bertz CT molecular complexity index is 642. The van der Waals surface area contributed by atoms with Crippen molar-refractivity contribution in [3.05, 3.63) is 47.5 Å². The molecule has 0 unspecified atom stereocenters. The van der Waals surface area contributed by atoms with E-state index < -0.39 is 0 Å². The third-order valence-corrected chi connectivity index (χ3v) is 4.06. The average Bonchev–Trinajstić information content (AvgIpc) is 2.67. The van der Waals surface area contributed by atoms with Crippen LogP contribution in [0.1, 0.15) is 25.0 Å². The number of methoxy groups -OCH3 is 2. The van der Waals surface area contributed by atoms with Gasteiger partial charge in [-0.25, -0.2) is 0 Å². The quantitative estimate of drug-likeness (QED) is 0.806. The molecule has 0 radical (unpaired) electrons. The maximum absolute atomic E-state index is 5.62. The first-order valence-electron chi connectivity index (χ1n) is 6.46. The van der Waals surface area contributed by atoms with Crippen molar-refractivity contribution in [2.75, 3.05) is 14.2 Å². The zero-order valence-electron chi connectivity index (χ0n) is 11.8. The highest BCUT2D eigenvalue weighted by Gasteiger charge is 2.38. The van der Waals surface area contributed by atoms with Crippen LogP contribution in [0.4, 0.5) is 0 Å². The van der Waals surface area contributed by atoms with E-state index in [0.717, 1.165) is 11.5 Å². The normalized spacial score (nSPS) is 14.7. The molecule has 0 bridgehead atoms. The van der Waals surface area contributed by atoms with Crippen molar-refractivity contribution in [3.8, 4) is 22.6 Å². The molecule has 1 aliphatic carbocycles. The zero-order valence-corrected chi connectivity index (χ0v) is 11.8. The van der Waals surface area contributed by atoms with Crippen LogP contribution in [0.2, 0.25) is 0 Å². The van der Waals surface area contributed by atoms with Gasteiger partial charge in [-0.05, 0) is 22.8 Å². The minimum atomic E-state index is -0.0637. The molecule has 19 heavy (non-hydrogen) atoms. The molecule has 2 aromatic rings. The van der Waals surface area contributed by atoms with E-state index in [1.165, 1.54) is 22.3 Å². The molecule has 0 saturated heterocycles. The van der Waals surface area contributed by atoms with Gasteiger partial charge >= 0.3 is 0 Å². The summed E-state index contributed by atoms with van der Waals surface area (Å²) in [5.74, 6) is 1.64. The lowest BCUT2D eigenvalue weighted by molar-refractivity contribution is 0.348. The summed E-state index contributed by atoms with van der Waals surface area (Å²) >= 11 is 0. The molecule has 0 spiro atoms. The molecule has 0 aromatic heterocycles. The molecule has 0 aliphatic heterocycles. The van der Waals surface area contributed by atoms with E-state index in [1.807, 2.05) is 6.07 Å². The van der Waals surface area contributed by atoms with E-state index in [2.05, 4.69) is 44.2 Å². The zero-order chi connectivity index (χ0) is 13.6. The summed E-state index contributed by atoms with van der Waals surface area (Å²) < 4.78 is 11.0. The fourth-order valence-electron chi connectivity index (χ4n) is 3.17. The Morgan fingerprint density at radius 1 is 0.842 bits per heavy atom. The molecule has 0 saturated carbocycles. The standard InChI is InChI=1S/C17H18O2/c1-17(2)13-8-6-5-7-11(13)12-9-10-14(18-3)16(19-4)15(12)17/h5-10H,1-4H3. The van der Waals surface area contributed by atoms with Gasteiger partial charge in [-0.1, -0.05) is 44.2 Å². The average molecular weight is 254 g/mol. The van der Waals surface area contributed by atoms with Crippen molar-refractivity contribution >= 4 is 0 Å². The lowest BCUT2D eigenvalue weighted by Gasteiger charge is -2.24. The molecule has 2 heteroatoms. The first kappa shape index (κ1) is 12.1. The lowest BCUT2D eigenvalue weighted by atomic mass is 9.82. The smallest absolute Gasteiger partial charge is 0.165 e. The Labute approximate surface area is 114 Å². The fourth-order valence-corrected chi connectivity index (χ4v) is 3.17. The third-order valence-electron chi connectivity index (χ3n) is 4.06. The van der Waals surface area contributed by atoms with Gasteiger partial charge in [0.25, 0.3) is 0 Å². The van der Waals surface area contributed by atoms with Gasteiger partial charge in [0.1, 0.15) is 0 Å². The van der Waals surface area contributed by atoms with Gasteiger partial charge in [0.2, 0.25) is 0 Å². The fraction of sp³-hybridized carbons (Fsp3) is 0.294. The molecular formula is C17H18O2. The Kier molecular flexibility index (Phi) is 2.56.